The van der Waals surface area contributed by atoms with Gasteiger partial charge in [0, 0.05) is 30.0 Å². The highest BCUT2D eigenvalue weighted by atomic mass is 19.1. The van der Waals surface area contributed by atoms with Crippen molar-refractivity contribution in [3.05, 3.63) is 42.0 Å². The van der Waals surface area contributed by atoms with E-state index in [4.69, 9.17) is 14.6 Å². The molecule has 166 valence electrons. The maximum atomic E-state index is 15.0. The van der Waals surface area contributed by atoms with Crippen LogP contribution in [0.25, 0.3) is 33.2 Å². The lowest BCUT2D eigenvalue weighted by atomic mass is 9.93. The highest BCUT2D eigenvalue weighted by molar-refractivity contribution is 5.88. The van der Waals surface area contributed by atoms with Gasteiger partial charge in [0.25, 0.3) is 6.47 Å². The molecule has 1 aliphatic rings. The first-order valence-corrected chi connectivity index (χ1v) is 10.2. The number of aromatic nitrogens is 5. The van der Waals surface area contributed by atoms with Crippen molar-refractivity contribution in [2.24, 2.45) is 7.05 Å². The molecule has 9 nitrogen and oxygen atoms in total. The summed E-state index contributed by atoms with van der Waals surface area (Å²) in [6, 6.07) is 6.93. The number of carbonyl (C=O) groups is 1. The third-order valence-electron chi connectivity index (χ3n) is 5.50. The van der Waals surface area contributed by atoms with Gasteiger partial charge in [-0.2, -0.15) is 15.3 Å². The monoisotopic (exact) mass is 438 g/mol. The molecule has 4 aromatic rings. The maximum Gasteiger partial charge on any atom is 0.290 e. The first kappa shape index (κ1) is 21.6. The summed E-state index contributed by atoms with van der Waals surface area (Å²) in [6.45, 7) is 1.66. The number of carboxylic acid groups (broad SMARTS) is 1. The van der Waals surface area contributed by atoms with Crippen LogP contribution in [0.4, 0.5) is 4.39 Å². The van der Waals surface area contributed by atoms with E-state index in [0.29, 0.717) is 44.9 Å². The van der Waals surface area contributed by atoms with Crippen LogP contribution in [-0.4, -0.2) is 56.7 Å². The molecule has 0 spiro atoms. The molecule has 0 amide bonds. The van der Waals surface area contributed by atoms with E-state index in [0.717, 1.165) is 31.6 Å². The highest BCUT2D eigenvalue weighted by Gasteiger charge is 2.19. The van der Waals surface area contributed by atoms with Crippen LogP contribution >= 0.6 is 0 Å². The van der Waals surface area contributed by atoms with Gasteiger partial charge in [0.15, 0.2) is 11.3 Å². The number of nitrogens with zero attached hydrogens (tertiary/aromatic N) is 5. The van der Waals surface area contributed by atoms with E-state index in [1.807, 2.05) is 25.4 Å². The van der Waals surface area contributed by atoms with Crippen LogP contribution in [0, 0.1) is 5.82 Å². The van der Waals surface area contributed by atoms with Gasteiger partial charge >= 0.3 is 0 Å². The van der Waals surface area contributed by atoms with Crippen molar-refractivity contribution in [2.45, 2.75) is 18.8 Å². The second-order valence-corrected chi connectivity index (χ2v) is 7.54. The zero-order valence-electron chi connectivity index (χ0n) is 17.7. The Morgan fingerprint density at radius 1 is 1.19 bits per heavy atom. The average molecular weight is 438 g/mol. The van der Waals surface area contributed by atoms with Gasteiger partial charge in [-0.3, -0.25) is 9.48 Å². The largest absolute Gasteiger partial charge is 0.494 e. The minimum Gasteiger partial charge on any atom is -0.494 e. The number of hydrogen-bond acceptors (Lipinski definition) is 7. The Kier molecular flexibility index (Phi) is 6.22. The zero-order chi connectivity index (χ0) is 22.7. The Hall–Kier alpha value is -3.66. The van der Waals surface area contributed by atoms with E-state index in [2.05, 4.69) is 25.6 Å². The minimum absolute atomic E-state index is 0.250. The van der Waals surface area contributed by atoms with Crippen molar-refractivity contribution in [1.82, 2.24) is 30.3 Å². The Morgan fingerprint density at radius 2 is 1.94 bits per heavy atom. The molecule has 1 aromatic carbocycles. The van der Waals surface area contributed by atoms with Gasteiger partial charge in [0.05, 0.1) is 30.2 Å². The summed E-state index contributed by atoms with van der Waals surface area (Å²) in [5.74, 6) is 0.597. The number of nitrogens with one attached hydrogen (secondary N) is 1. The first-order chi connectivity index (χ1) is 15.5. The molecule has 1 saturated heterocycles. The average Bonchev–Trinajstić information content (AvgIpc) is 3.19. The number of fused-ring (bicyclic) bond motifs is 2. The second-order valence-electron chi connectivity index (χ2n) is 7.54. The zero-order valence-corrected chi connectivity index (χ0v) is 17.7. The van der Waals surface area contributed by atoms with Crippen molar-refractivity contribution < 1.29 is 19.0 Å². The Morgan fingerprint density at radius 3 is 2.66 bits per heavy atom. The number of hydrogen-bond donors (Lipinski definition) is 2. The summed E-state index contributed by atoms with van der Waals surface area (Å²) in [6.07, 6.45) is 3.80. The lowest BCUT2D eigenvalue weighted by Crippen LogP contribution is -2.27. The van der Waals surface area contributed by atoms with E-state index in [-0.39, 0.29) is 12.3 Å². The van der Waals surface area contributed by atoms with E-state index in [1.165, 1.54) is 6.07 Å². The lowest BCUT2D eigenvalue weighted by molar-refractivity contribution is -0.122. The predicted octanol–water partition coefficient (Wildman–Crippen LogP) is 2.89. The summed E-state index contributed by atoms with van der Waals surface area (Å²) in [7, 11) is 3.41. The highest BCUT2D eigenvalue weighted by Crippen LogP contribution is 2.32. The van der Waals surface area contributed by atoms with Crippen LogP contribution in [0.1, 0.15) is 24.5 Å². The van der Waals surface area contributed by atoms with Crippen molar-refractivity contribution in [3.63, 3.8) is 0 Å². The summed E-state index contributed by atoms with van der Waals surface area (Å²) >= 11 is 0. The number of ether oxygens (including phenoxy) is 1. The number of pyridine rings is 1. The third-order valence-corrected chi connectivity index (χ3v) is 5.50. The Bertz CT molecular complexity index is 1270. The van der Waals surface area contributed by atoms with E-state index in [9.17, 15) is 0 Å². The summed E-state index contributed by atoms with van der Waals surface area (Å²) in [5.41, 5.74) is 3.98. The molecule has 0 saturated carbocycles. The quantitative estimate of drug-likeness (QED) is 0.469. The van der Waals surface area contributed by atoms with Crippen LogP contribution in [0.15, 0.2) is 30.5 Å². The molecule has 4 heterocycles. The minimum atomic E-state index is -0.324. The molecule has 5 rings (SSSR count). The molecular formula is C22H23FN6O3. The molecule has 10 heteroatoms. The van der Waals surface area contributed by atoms with Crippen molar-refractivity contribution in [2.75, 3.05) is 20.2 Å². The third kappa shape index (κ3) is 4.22. The number of piperidine rings is 1. The number of benzene rings is 1. The van der Waals surface area contributed by atoms with Gasteiger partial charge in [0.1, 0.15) is 11.3 Å². The molecule has 2 N–H and O–H groups in total. The summed E-state index contributed by atoms with van der Waals surface area (Å²) in [5, 5.41) is 23.8. The van der Waals surface area contributed by atoms with Crippen LogP contribution < -0.4 is 10.1 Å². The molecule has 0 unspecified atom stereocenters. The Labute approximate surface area is 183 Å². The van der Waals surface area contributed by atoms with Crippen LogP contribution in [-0.2, 0) is 11.8 Å². The Balaban J connectivity index is 0.000000775. The number of halogens is 1. The van der Waals surface area contributed by atoms with E-state index >= 15 is 4.39 Å². The maximum absolute atomic E-state index is 15.0. The smallest absolute Gasteiger partial charge is 0.290 e. The molecule has 1 aliphatic heterocycles. The molecule has 0 bridgehead atoms. The van der Waals surface area contributed by atoms with Crippen molar-refractivity contribution in [3.8, 4) is 17.0 Å². The standard InChI is InChI=1S/C21H21FN6O.CH2O2/c1-28-11-19-21(27-28)20(29-2)10-16(24-19)13-7-15(22)14-9-17(25-26-18(14)8-13)12-3-5-23-6-4-12;2-1-3/h7-12,23H,3-6H2,1-2H3;1H,(H,2,3). The van der Waals surface area contributed by atoms with Crippen molar-refractivity contribution >= 4 is 28.4 Å². The molecule has 1 fully saturated rings. The fourth-order valence-electron chi connectivity index (χ4n) is 3.97. The normalized spacial score (nSPS) is 14.2. The second kappa shape index (κ2) is 9.23. The molecule has 0 atom stereocenters. The van der Waals surface area contributed by atoms with Crippen LogP contribution in [0.3, 0.4) is 0 Å². The molecule has 32 heavy (non-hydrogen) atoms. The number of aryl methyl sites for hydroxylation is 1. The first-order valence-electron chi connectivity index (χ1n) is 10.2. The van der Waals surface area contributed by atoms with Gasteiger partial charge in [-0.1, -0.05) is 0 Å². The van der Waals surface area contributed by atoms with Crippen LogP contribution in [0.5, 0.6) is 5.75 Å². The summed E-state index contributed by atoms with van der Waals surface area (Å²) < 4.78 is 22.2. The fourth-order valence-corrected chi connectivity index (χ4v) is 3.97. The summed E-state index contributed by atoms with van der Waals surface area (Å²) in [4.78, 5) is 13.0. The van der Waals surface area contributed by atoms with Gasteiger partial charge in [0.2, 0.25) is 0 Å². The predicted molar refractivity (Wildman–Crippen MR) is 117 cm³/mol. The van der Waals surface area contributed by atoms with Gasteiger partial charge < -0.3 is 15.2 Å². The van der Waals surface area contributed by atoms with Gasteiger partial charge in [-0.25, -0.2) is 9.37 Å². The molecular weight excluding hydrogens is 415 g/mol. The molecule has 0 aliphatic carbocycles. The number of methoxy groups -OCH3 is 1. The van der Waals surface area contributed by atoms with Crippen LogP contribution in [0.2, 0.25) is 0 Å². The topological polar surface area (TPSA) is 115 Å². The fraction of sp³-hybridized carbons (Fsp3) is 0.318. The molecule has 3 aromatic heterocycles. The van der Waals surface area contributed by atoms with Crippen molar-refractivity contribution in [1.29, 1.82) is 0 Å². The van der Waals surface area contributed by atoms with Gasteiger partial charge in [-0.15, -0.1) is 0 Å². The number of rotatable bonds is 3. The van der Waals surface area contributed by atoms with Gasteiger partial charge in [-0.05, 0) is 44.1 Å². The lowest BCUT2D eigenvalue weighted by Gasteiger charge is -2.21. The SMILES string of the molecule is COc1cc(-c2cc(F)c3cc(C4CCNCC4)nnc3c2)nc2cn(C)nc12.O=CO. The van der Waals surface area contributed by atoms with E-state index in [1.54, 1.807) is 17.9 Å². The van der Waals surface area contributed by atoms with E-state index < -0.39 is 0 Å². The molecule has 0 radical (unpaired) electrons.